The number of nitrogens with zero attached hydrogens (tertiary/aromatic N) is 3. The van der Waals surface area contributed by atoms with Gasteiger partial charge in [-0.05, 0) is 19.4 Å². The Bertz CT molecular complexity index is 760. The van der Waals surface area contributed by atoms with Gasteiger partial charge in [-0.3, -0.25) is 0 Å². The van der Waals surface area contributed by atoms with Gasteiger partial charge in [-0.1, -0.05) is 25.1 Å². The van der Waals surface area contributed by atoms with Crippen LogP contribution in [0, 0.1) is 0 Å². The molecule has 0 bridgehead atoms. The lowest BCUT2D eigenvalue weighted by atomic mass is 10.1. The van der Waals surface area contributed by atoms with E-state index < -0.39 is 0 Å². The normalized spacial score (nSPS) is 11.3. The number of aryl methyl sites for hydroxylation is 1. The van der Waals surface area contributed by atoms with E-state index >= 15 is 0 Å². The quantitative estimate of drug-likeness (QED) is 0.764. The standard InChI is InChI=1S/C15H19N5/c1-3-9-20-15(17-4-2)12-10-7-5-6-8-11(10)18-14(16)13(12)19-20/h5-8,17H,3-4,9H2,1-2H3,(H2,16,18). The number of nitrogens with one attached hydrogen (secondary N) is 1. The minimum atomic E-state index is 0.493. The van der Waals surface area contributed by atoms with Crippen molar-refractivity contribution in [3.8, 4) is 0 Å². The van der Waals surface area contributed by atoms with Crippen LogP contribution in [0.25, 0.3) is 21.8 Å². The van der Waals surface area contributed by atoms with Gasteiger partial charge in [0.1, 0.15) is 11.3 Å². The molecule has 3 rings (SSSR count). The van der Waals surface area contributed by atoms with Crippen LogP contribution in [0.5, 0.6) is 0 Å². The summed E-state index contributed by atoms with van der Waals surface area (Å²) < 4.78 is 2.00. The van der Waals surface area contributed by atoms with E-state index in [1.165, 1.54) is 0 Å². The van der Waals surface area contributed by atoms with Crippen LogP contribution in [0.4, 0.5) is 11.6 Å². The van der Waals surface area contributed by atoms with E-state index in [1.807, 2.05) is 22.9 Å². The first-order valence-electron chi connectivity index (χ1n) is 7.04. The SMILES string of the molecule is CCCn1nc2c(N)nc3ccccc3c2c1NCC. The van der Waals surface area contributed by atoms with E-state index in [1.54, 1.807) is 0 Å². The zero-order valence-corrected chi connectivity index (χ0v) is 11.8. The summed E-state index contributed by atoms with van der Waals surface area (Å²) >= 11 is 0. The van der Waals surface area contributed by atoms with Gasteiger partial charge in [-0.2, -0.15) is 5.10 Å². The molecule has 0 spiro atoms. The van der Waals surface area contributed by atoms with Crippen molar-refractivity contribution in [2.24, 2.45) is 0 Å². The molecule has 5 heteroatoms. The monoisotopic (exact) mass is 269 g/mol. The molecule has 104 valence electrons. The van der Waals surface area contributed by atoms with Gasteiger partial charge < -0.3 is 11.1 Å². The van der Waals surface area contributed by atoms with Gasteiger partial charge in [0.25, 0.3) is 0 Å². The summed E-state index contributed by atoms with van der Waals surface area (Å²) in [6.45, 7) is 5.94. The van der Waals surface area contributed by atoms with Crippen LogP contribution in [-0.2, 0) is 6.54 Å². The minimum Gasteiger partial charge on any atom is -0.382 e. The predicted octanol–water partition coefficient (Wildman–Crippen LogP) is 3.01. The summed E-state index contributed by atoms with van der Waals surface area (Å²) in [7, 11) is 0. The van der Waals surface area contributed by atoms with E-state index in [-0.39, 0.29) is 0 Å². The molecule has 5 nitrogen and oxygen atoms in total. The molecule has 0 atom stereocenters. The maximum atomic E-state index is 6.08. The van der Waals surface area contributed by atoms with Gasteiger partial charge in [0, 0.05) is 18.5 Å². The molecule has 0 amide bonds. The van der Waals surface area contributed by atoms with Gasteiger partial charge >= 0.3 is 0 Å². The number of anilines is 2. The van der Waals surface area contributed by atoms with E-state index in [4.69, 9.17) is 5.73 Å². The van der Waals surface area contributed by atoms with Gasteiger partial charge in [0.15, 0.2) is 5.82 Å². The Balaban J connectivity index is 2.42. The third-order valence-electron chi connectivity index (χ3n) is 3.39. The number of aromatic nitrogens is 3. The molecule has 0 radical (unpaired) electrons. The van der Waals surface area contributed by atoms with E-state index in [9.17, 15) is 0 Å². The highest BCUT2D eigenvalue weighted by atomic mass is 15.3. The van der Waals surface area contributed by atoms with Crippen LogP contribution in [0.15, 0.2) is 24.3 Å². The Morgan fingerprint density at radius 2 is 2.05 bits per heavy atom. The second-order valence-electron chi connectivity index (χ2n) is 4.84. The molecular formula is C15H19N5. The van der Waals surface area contributed by atoms with Gasteiger partial charge in [0.05, 0.1) is 10.9 Å². The topological polar surface area (TPSA) is 68.8 Å². The molecule has 0 saturated carbocycles. The lowest BCUT2D eigenvalue weighted by Gasteiger charge is -2.08. The lowest BCUT2D eigenvalue weighted by molar-refractivity contribution is 0.614. The molecule has 0 unspecified atom stereocenters. The number of rotatable bonds is 4. The molecule has 20 heavy (non-hydrogen) atoms. The summed E-state index contributed by atoms with van der Waals surface area (Å²) in [6.07, 6.45) is 1.03. The van der Waals surface area contributed by atoms with Gasteiger partial charge in [-0.25, -0.2) is 9.67 Å². The molecule has 2 aromatic heterocycles. The van der Waals surface area contributed by atoms with Gasteiger partial charge in [-0.15, -0.1) is 0 Å². The largest absolute Gasteiger partial charge is 0.382 e. The Morgan fingerprint density at radius 1 is 1.25 bits per heavy atom. The number of nitrogen functional groups attached to an aromatic ring is 1. The zero-order valence-electron chi connectivity index (χ0n) is 11.8. The number of nitrogens with two attached hydrogens (primary N) is 1. The van der Waals surface area contributed by atoms with E-state index in [0.717, 1.165) is 47.1 Å². The highest BCUT2D eigenvalue weighted by Crippen LogP contribution is 2.33. The van der Waals surface area contributed by atoms with Crippen LogP contribution in [0.1, 0.15) is 20.3 Å². The zero-order chi connectivity index (χ0) is 14.1. The fraction of sp³-hybridized carbons (Fsp3) is 0.333. The summed E-state index contributed by atoms with van der Waals surface area (Å²) in [4.78, 5) is 4.45. The minimum absolute atomic E-state index is 0.493. The smallest absolute Gasteiger partial charge is 0.152 e. The van der Waals surface area contributed by atoms with E-state index in [0.29, 0.717) is 5.82 Å². The van der Waals surface area contributed by atoms with Crippen molar-refractivity contribution >= 4 is 33.4 Å². The molecule has 0 saturated heterocycles. The van der Waals surface area contributed by atoms with Crippen molar-refractivity contribution in [2.45, 2.75) is 26.8 Å². The number of fused-ring (bicyclic) bond motifs is 3. The summed E-state index contributed by atoms with van der Waals surface area (Å²) in [5.41, 5.74) is 7.78. The lowest BCUT2D eigenvalue weighted by Crippen LogP contribution is -2.07. The third kappa shape index (κ3) is 1.86. The van der Waals surface area contributed by atoms with Crippen LogP contribution in [-0.4, -0.2) is 21.3 Å². The van der Waals surface area contributed by atoms with Crippen molar-refractivity contribution in [2.75, 3.05) is 17.6 Å². The highest BCUT2D eigenvalue weighted by molar-refractivity contribution is 6.13. The number of hydrogen-bond acceptors (Lipinski definition) is 4. The molecule has 3 aromatic rings. The second kappa shape index (κ2) is 5.00. The maximum absolute atomic E-state index is 6.08. The maximum Gasteiger partial charge on any atom is 0.152 e. The van der Waals surface area contributed by atoms with Crippen molar-refractivity contribution in [3.63, 3.8) is 0 Å². The Kier molecular flexibility index (Phi) is 3.18. The highest BCUT2D eigenvalue weighted by Gasteiger charge is 2.16. The average molecular weight is 269 g/mol. The van der Waals surface area contributed by atoms with Crippen LogP contribution in [0.3, 0.4) is 0 Å². The Labute approximate surface area is 117 Å². The summed E-state index contributed by atoms with van der Waals surface area (Å²) in [6, 6.07) is 8.05. The molecule has 1 aromatic carbocycles. The number of pyridine rings is 1. The molecule has 0 aliphatic heterocycles. The van der Waals surface area contributed by atoms with Crippen molar-refractivity contribution in [1.82, 2.24) is 14.8 Å². The van der Waals surface area contributed by atoms with Crippen LogP contribution in [0.2, 0.25) is 0 Å². The van der Waals surface area contributed by atoms with Crippen molar-refractivity contribution < 1.29 is 0 Å². The van der Waals surface area contributed by atoms with Crippen molar-refractivity contribution in [3.05, 3.63) is 24.3 Å². The number of hydrogen-bond donors (Lipinski definition) is 2. The second-order valence-corrected chi connectivity index (χ2v) is 4.84. The Hall–Kier alpha value is -2.30. The summed E-state index contributed by atoms with van der Waals surface area (Å²) in [5.74, 6) is 1.53. The van der Waals surface area contributed by atoms with E-state index in [2.05, 4.69) is 35.3 Å². The van der Waals surface area contributed by atoms with Gasteiger partial charge in [0.2, 0.25) is 0 Å². The van der Waals surface area contributed by atoms with Crippen LogP contribution >= 0.6 is 0 Å². The first kappa shape index (κ1) is 12.7. The first-order chi connectivity index (χ1) is 9.76. The number of para-hydroxylation sites is 1. The average Bonchev–Trinajstić information content (AvgIpc) is 2.80. The summed E-state index contributed by atoms with van der Waals surface area (Å²) in [5, 5.41) is 10.2. The molecule has 3 N–H and O–H groups in total. The third-order valence-corrected chi connectivity index (χ3v) is 3.39. The first-order valence-corrected chi connectivity index (χ1v) is 7.04. The molecule has 0 aliphatic carbocycles. The predicted molar refractivity (Wildman–Crippen MR) is 83.9 cm³/mol. The molecule has 0 fully saturated rings. The fourth-order valence-corrected chi connectivity index (χ4v) is 2.58. The molecular weight excluding hydrogens is 250 g/mol. The molecule has 2 heterocycles. The molecule has 0 aliphatic rings. The van der Waals surface area contributed by atoms with Crippen molar-refractivity contribution in [1.29, 1.82) is 0 Å². The van der Waals surface area contributed by atoms with Crippen LogP contribution < -0.4 is 11.1 Å². The Morgan fingerprint density at radius 3 is 2.80 bits per heavy atom. The number of benzene rings is 1. The fourth-order valence-electron chi connectivity index (χ4n) is 2.58.